The summed E-state index contributed by atoms with van der Waals surface area (Å²) in [4.78, 5) is 14.1. The number of rotatable bonds is 3. The van der Waals surface area contributed by atoms with Crippen LogP contribution in [0.3, 0.4) is 0 Å². The van der Waals surface area contributed by atoms with Crippen molar-refractivity contribution in [2.45, 2.75) is 39.7 Å². The average molecular weight is 250 g/mol. The maximum absolute atomic E-state index is 12.2. The summed E-state index contributed by atoms with van der Waals surface area (Å²) in [7, 11) is 0. The normalized spacial score (nSPS) is 18.9. The van der Waals surface area contributed by atoms with Crippen molar-refractivity contribution in [3.05, 3.63) is 23.7 Å². The summed E-state index contributed by atoms with van der Waals surface area (Å²) in [5.41, 5.74) is 5.87. The van der Waals surface area contributed by atoms with Crippen LogP contribution in [0.1, 0.15) is 49.4 Å². The van der Waals surface area contributed by atoms with E-state index >= 15 is 0 Å². The van der Waals surface area contributed by atoms with Gasteiger partial charge in [-0.25, -0.2) is 0 Å². The Morgan fingerprint density at radius 3 is 2.61 bits per heavy atom. The van der Waals surface area contributed by atoms with Gasteiger partial charge in [-0.15, -0.1) is 0 Å². The molecular weight excluding hydrogens is 228 g/mol. The van der Waals surface area contributed by atoms with Gasteiger partial charge in [-0.3, -0.25) is 4.79 Å². The summed E-state index contributed by atoms with van der Waals surface area (Å²) in [6.07, 6.45) is 3.31. The summed E-state index contributed by atoms with van der Waals surface area (Å²) >= 11 is 0. The Morgan fingerprint density at radius 2 is 2.11 bits per heavy atom. The largest absolute Gasteiger partial charge is 0.455 e. The molecule has 1 amide bonds. The number of piperidine rings is 1. The highest BCUT2D eigenvalue weighted by molar-refractivity contribution is 5.91. The molecule has 2 rings (SSSR count). The molecule has 0 aromatic carbocycles. The van der Waals surface area contributed by atoms with E-state index in [1.165, 1.54) is 6.42 Å². The second-order valence-corrected chi connectivity index (χ2v) is 5.43. The third-order valence-electron chi connectivity index (χ3n) is 4.18. The van der Waals surface area contributed by atoms with Gasteiger partial charge < -0.3 is 15.1 Å². The van der Waals surface area contributed by atoms with Gasteiger partial charge in [0, 0.05) is 13.1 Å². The van der Waals surface area contributed by atoms with Crippen LogP contribution in [0.2, 0.25) is 0 Å². The van der Waals surface area contributed by atoms with Crippen molar-refractivity contribution >= 4 is 5.91 Å². The molecule has 2 N–H and O–H groups in total. The molecule has 0 atom stereocenters. The number of nitrogens with two attached hydrogens (primary N) is 1. The van der Waals surface area contributed by atoms with E-state index in [-0.39, 0.29) is 5.91 Å². The first kappa shape index (κ1) is 13.1. The fraction of sp³-hybridized carbons (Fsp3) is 0.643. The summed E-state index contributed by atoms with van der Waals surface area (Å²) < 4.78 is 5.41. The number of hydrogen-bond donors (Lipinski definition) is 1. The van der Waals surface area contributed by atoms with Gasteiger partial charge in [0.05, 0.1) is 6.54 Å². The number of hydrogen-bond acceptors (Lipinski definition) is 3. The minimum Gasteiger partial charge on any atom is -0.455 e. The highest BCUT2D eigenvalue weighted by Gasteiger charge is 2.31. The van der Waals surface area contributed by atoms with E-state index in [0.717, 1.165) is 25.9 Å². The number of carbonyl (C=O) groups excluding carboxylic acids is 1. The minimum absolute atomic E-state index is 0.00662. The van der Waals surface area contributed by atoms with E-state index in [9.17, 15) is 4.79 Å². The smallest absolute Gasteiger partial charge is 0.289 e. The molecule has 0 unspecified atom stereocenters. The third kappa shape index (κ3) is 2.58. The van der Waals surface area contributed by atoms with Crippen molar-refractivity contribution < 1.29 is 9.21 Å². The van der Waals surface area contributed by atoms with E-state index in [2.05, 4.69) is 13.8 Å². The van der Waals surface area contributed by atoms with Crippen molar-refractivity contribution in [2.75, 3.05) is 13.1 Å². The Kier molecular flexibility index (Phi) is 3.76. The third-order valence-corrected chi connectivity index (χ3v) is 4.18. The number of nitrogens with zero attached hydrogens (tertiary/aromatic N) is 1. The predicted octanol–water partition coefficient (Wildman–Crippen LogP) is 2.39. The Labute approximate surface area is 108 Å². The molecule has 0 radical (unpaired) electrons. The lowest BCUT2D eigenvalue weighted by Gasteiger charge is -2.38. The zero-order valence-corrected chi connectivity index (χ0v) is 11.2. The quantitative estimate of drug-likeness (QED) is 0.896. The standard InChI is InChI=1S/C14H22N2O2/c1-3-14(2)6-8-16(9-7-14)13(17)12-5-4-11(10-15)18-12/h4-5H,3,6-10,15H2,1-2H3. The van der Waals surface area contributed by atoms with Crippen LogP contribution in [0.4, 0.5) is 0 Å². The topological polar surface area (TPSA) is 59.5 Å². The van der Waals surface area contributed by atoms with E-state index in [4.69, 9.17) is 10.2 Å². The molecule has 0 spiro atoms. The first-order valence-corrected chi connectivity index (χ1v) is 6.66. The lowest BCUT2D eigenvalue weighted by molar-refractivity contribution is 0.0568. The number of amides is 1. The molecular formula is C14H22N2O2. The molecule has 2 heterocycles. The molecule has 4 nitrogen and oxygen atoms in total. The van der Waals surface area contributed by atoms with E-state index in [0.29, 0.717) is 23.5 Å². The molecule has 0 bridgehead atoms. The Balaban J connectivity index is 1.99. The Bertz CT molecular complexity index is 417. The van der Waals surface area contributed by atoms with Gasteiger partial charge in [-0.1, -0.05) is 20.3 Å². The second-order valence-electron chi connectivity index (χ2n) is 5.43. The lowest BCUT2D eigenvalue weighted by Crippen LogP contribution is -2.41. The van der Waals surface area contributed by atoms with Gasteiger partial charge in [0.1, 0.15) is 5.76 Å². The first-order chi connectivity index (χ1) is 8.58. The van der Waals surface area contributed by atoms with Crippen molar-refractivity contribution in [3.63, 3.8) is 0 Å². The number of furan rings is 1. The maximum atomic E-state index is 12.2. The monoisotopic (exact) mass is 250 g/mol. The fourth-order valence-corrected chi connectivity index (χ4v) is 2.36. The summed E-state index contributed by atoms with van der Waals surface area (Å²) in [6, 6.07) is 3.49. The summed E-state index contributed by atoms with van der Waals surface area (Å²) in [5, 5.41) is 0. The molecule has 1 aliphatic heterocycles. The Morgan fingerprint density at radius 1 is 1.44 bits per heavy atom. The van der Waals surface area contributed by atoms with Gasteiger partial charge in [-0.2, -0.15) is 0 Å². The van der Waals surface area contributed by atoms with Gasteiger partial charge in [0.25, 0.3) is 5.91 Å². The fourth-order valence-electron chi connectivity index (χ4n) is 2.36. The highest BCUT2D eigenvalue weighted by Crippen LogP contribution is 2.34. The molecule has 1 fully saturated rings. The molecule has 1 saturated heterocycles. The number of carbonyl (C=O) groups is 1. The van der Waals surface area contributed by atoms with Crippen LogP contribution in [0.5, 0.6) is 0 Å². The molecule has 100 valence electrons. The van der Waals surface area contributed by atoms with Crippen LogP contribution in [0, 0.1) is 5.41 Å². The van der Waals surface area contributed by atoms with Crippen LogP contribution in [-0.4, -0.2) is 23.9 Å². The summed E-state index contributed by atoms with van der Waals surface area (Å²) in [5.74, 6) is 1.07. The van der Waals surface area contributed by atoms with Crippen molar-refractivity contribution in [1.29, 1.82) is 0 Å². The summed E-state index contributed by atoms with van der Waals surface area (Å²) in [6.45, 7) is 6.50. The zero-order chi connectivity index (χ0) is 13.2. The average Bonchev–Trinajstić information content (AvgIpc) is 2.87. The van der Waals surface area contributed by atoms with Crippen LogP contribution < -0.4 is 5.73 Å². The van der Waals surface area contributed by atoms with Crippen molar-refractivity contribution in [3.8, 4) is 0 Å². The van der Waals surface area contributed by atoms with Crippen LogP contribution in [-0.2, 0) is 6.54 Å². The Hall–Kier alpha value is -1.29. The SMILES string of the molecule is CCC1(C)CCN(C(=O)c2ccc(CN)o2)CC1. The molecule has 0 aliphatic carbocycles. The molecule has 1 aliphatic rings. The highest BCUT2D eigenvalue weighted by atomic mass is 16.4. The first-order valence-electron chi connectivity index (χ1n) is 6.66. The van der Waals surface area contributed by atoms with E-state index in [1.807, 2.05) is 4.90 Å². The molecule has 4 heteroatoms. The van der Waals surface area contributed by atoms with Gasteiger partial charge in [0.2, 0.25) is 0 Å². The van der Waals surface area contributed by atoms with Crippen LogP contribution >= 0.6 is 0 Å². The van der Waals surface area contributed by atoms with E-state index < -0.39 is 0 Å². The van der Waals surface area contributed by atoms with Crippen molar-refractivity contribution in [2.24, 2.45) is 11.1 Å². The zero-order valence-electron chi connectivity index (χ0n) is 11.2. The second kappa shape index (κ2) is 5.14. The van der Waals surface area contributed by atoms with Gasteiger partial charge in [0.15, 0.2) is 5.76 Å². The molecule has 1 aromatic heterocycles. The van der Waals surface area contributed by atoms with Gasteiger partial charge >= 0.3 is 0 Å². The minimum atomic E-state index is -0.00662. The molecule has 18 heavy (non-hydrogen) atoms. The lowest BCUT2D eigenvalue weighted by atomic mass is 9.78. The van der Waals surface area contributed by atoms with Crippen molar-refractivity contribution in [1.82, 2.24) is 4.90 Å². The van der Waals surface area contributed by atoms with Crippen LogP contribution in [0.15, 0.2) is 16.5 Å². The molecule has 0 saturated carbocycles. The van der Waals surface area contributed by atoms with E-state index in [1.54, 1.807) is 12.1 Å². The maximum Gasteiger partial charge on any atom is 0.289 e. The van der Waals surface area contributed by atoms with Crippen LogP contribution in [0.25, 0.3) is 0 Å². The molecule has 1 aromatic rings. The number of likely N-dealkylation sites (tertiary alicyclic amines) is 1. The predicted molar refractivity (Wildman–Crippen MR) is 70.1 cm³/mol. The van der Waals surface area contributed by atoms with Gasteiger partial charge in [-0.05, 0) is 30.4 Å².